The summed E-state index contributed by atoms with van der Waals surface area (Å²) in [5.74, 6) is -0.564. The highest BCUT2D eigenvalue weighted by Crippen LogP contribution is 2.31. The average molecular weight is 236 g/mol. The summed E-state index contributed by atoms with van der Waals surface area (Å²) in [5.41, 5.74) is 1.37. The largest absolute Gasteiger partial charge is 0.316 e. The second kappa shape index (κ2) is 4.90. The van der Waals surface area contributed by atoms with Crippen LogP contribution in [0.3, 0.4) is 0 Å². The third-order valence-electron chi connectivity index (χ3n) is 2.16. The maximum Gasteiger partial charge on any atom is 0.232 e. The Morgan fingerprint density at radius 3 is 2.56 bits per heavy atom. The van der Waals surface area contributed by atoms with Gasteiger partial charge in [-0.1, -0.05) is 0 Å². The maximum atomic E-state index is 11.4. The van der Waals surface area contributed by atoms with E-state index in [2.05, 4.69) is 11.4 Å². The molecule has 0 fully saturated rings. The number of aryl methyl sites for hydroxylation is 1. The van der Waals surface area contributed by atoms with Crippen LogP contribution in [0.15, 0.2) is 0 Å². The quantitative estimate of drug-likeness (QED) is 0.817. The lowest BCUT2D eigenvalue weighted by atomic mass is 10.2. The lowest BCUT2D eigenvalue weighted by Crippen LogP contribution is -2.14. The van der Waals surface area contributed by atoms with Crippen LogP contribution in [0.4, 0.5) is 5.00 Å². The van der Waals surface area contributed by atoms with Gasteiger partial charge in [-0.3, -0.25) is 9.59 Å². The molecule has 0 unspecified atom stereocenters. The Balaban J connectivity index is 2.90. The number of nitrogens with one attached hydrogen (secondary N) is 1. The second-order valence-electron chi connectivity index (χ2n) is 3.53. The molecule has 0 bridgehead atoms. The van der Waals surface area contributed by atoms with Crippen molar-refractivity contribution in [2.45, 2.75) is 27.2 Å². The molecule has 0 radical (unpaired) electrons. The number of ketones is 1. The molecule has 0 aliphatic carbocycles. The number of carbonyl (C=O) groups excluding carboxylic acids is 2. The zero-order valence-corrected chi connectivity index (χ0v) is 10.2. The highest BCUT2D eigenvalue weighted by molar-refractivity contribution is 7.16. The Hall–Kier alpha value is -1.67. The number of thiophene rings is 1. The molecule has 0 aliphatic rings. The molecule has 4 nitrogen and oxygen atoms in total. The maximum absolute atomic E-state index is 11.4. The van der Waals surface area contributed by atoms with Gasteiger partial charge in [0.15, 0.2) is 0 Å². The fraction of sp³-hybridized carbons (Fsp3) is 0.364. The van der Waals surface area contributed by atoms with Crippen molar-refractivity contribution in [2.24, 2.45) is 0 Å². The van der Waals surface area contributed by atoms with Crippen molar-refractivity contribution in [1.82, 2.24) is 0 Å². The summed E-state index contributed by atoms with van der Waals surface area (Å²) in [6.07, 6.45) is -0.152. The highest BCUT2D eigenvalue weighted by atomic mass is 32.1. The molecule has 1 aromatic rings. The van der Waals surface area contributed by atoms with Gasteiger partial charge in [0.25, 0.3) is 0 Å². The first-order valence-corrected chi connectivity index (χ1v) is 5.56. The fourth-order valence-corrected chi connectivity index (χ4v) is 2.27. The van der Waals surface area contributed by atoms with Gasteiger partial charge in [0, 0.05) is 4.88 Å². The second-order valence-corrected chi connectivity index (χ2v) is 4.75. The number of rotatable bonds is 3. The normalized spacial score (nSPS) is 9.62. The summed E-state index contributed by atoms with van der Waals surface area (Å²) in [4.78, 5) is 23.1. The molecule has 0 atom stereocenters. The van der Waals surface area contributed by atoms with Gasteiger partial charge >= 0.3 is 0 Å². The van der Waals surface area contributed by atoms with E-state index < -0.39 is 0 Å². The Morgan fingerprint density at radius 2 is 2.06 bits per heavy atom. The van der Waals surface area contributed by atoms with E-state index in [1.807, 2.05) is 13.8 Å². The van der Waals surface area contributed by atoms with Gasteiger partial charge in [0.1, 0.15) is 16.9 Å². The van der Waals surface area contributed by atoms with Crippen molar-refractivity contribution in [3.8, 4) is 6.07 Å². The van der Waals surface area contributed by atoms with Crippen LogP contribution in [-0.4, -0.2) is 11.7 Å². The Bertz CT molecular complexity index is 483. The van der Waals surface area contributed by atoms with Crippen molar-refractivity contribution in [1.29, 1.82) is 5.26 Å². The molecule has 84 valence electrons. The van der Waals surface area contributed by atoms with Crippen molar-refractivity contribution in [3.63, 3.8) is 0 Å². The van der Waals surface area contributed by atoms with E-state index in [9.17, 15) is 9.59 Å². The van der Waals surface area contributed by atoms with Crippen molar-refractivity contribution in [3.05, 3.63) is 16.0 Å². The van der Waals surface area contributed by atoms with Gasteiger partial charge < -0.3 is 5.32 Å². The summed E-state index contributed by atoms with van der Waals surface area (Å²) in [6, 6.07) is 2.05. The van der Waals surface area contributed by atoms with Crippen LogP contribution in [0, 0.1) is 25.2 Å². The number of Topliss-reactive ketones (excluding diaryl/α,β-unsaturated/α-hetero) is 1. The summed E-state index contributed by atoms with van der Waals surface area (Å²) in [7, 11) is 0. The lowest BCUT2D eigenvalue weighted by Gasteiger charge is -2.00. The van der Waals surface area contributed by atoms with E-state index in [1.165, 1.54) is 18.3 Å². The van der Waals surface area contributed by atoms with Crippen LogP contribution in [0.5, 0.6) is 0 Å². The molecule has 0 saturated carbocycles. The van der Waals surface area contributed by atoms with E-state index in [-0.39, 0.29) is 18.1 Å². The van der Waals surface area contributed by atoms with Crippen molar-refractivity contribution < 1.29 is 9.59 Å². The molecule has 1 heterocycles. The number of hydrogen-bond acceptors (Lipinski definition) is 4. The van der Waals surface area contributed by atoms with E-state index in [0.717, 1.165) is 10.4 Å². The number of hydrogen-bond donors (Lipinski definition) is 1. The zero-order valence-electron chi connectivity index (χ0n) is 9.38. The number of carbonyl (C=O) groups is 2. The summed E-state index contributed by atoms with van der Waals surface area (Å²) >= 11 is 1.36. The minimum Gasteiger partial charge on any atom is -0.316 e. The van der Waals surface area contributed by atoms with Crippen LogP contribution in [0.25, 0.3) is 0 Å². The van der Waals surface area contributed by atoms with E-state index >= 15 is 0 Å². The third kappa shape index (κ3) is 2.67. The van der Waals surface area contributed by atoms with Crippen LogP contribution in [0.1, 0.15) is 29.3 Å². The average Bonchev–Trinajstić information content (AvgIpc) is 2.40. The van der Waals surface area contributed by atoms with Crippen LogP contribution in [-0.2, 0) is 9.59 Å². The fourth-order valence-electron chi connectivity index (χ4n) is 1.25. The molecule has 5 heteroatoms. The number of anilines is 1. The Morgan fingerprint density at radius 1 is 1.44 bits per heavy atom. The van der Waals surface area contributed by atoms with Gasteiger partial charge in [-0.15, -0.1) is 11.3 Å². The predicted octanol–water partition coefficient (Wildman–Crippen LogP) is 2.15. The van der Waals surface area contributed by atoms with Crippen LogP contribution < -0.4 is 5.32 Å². The van der Waals surface area contributed by atoms with Gasteiger partial charge in [0.05, 0.1) is 12.0 Å². The molecular weight excluding hydrogens is 224 g/mol. The summed E-state index contributed by atoms with van der Waals surface area (Å²) < 4.78 is 0. The highest BCUT2D eigenvalue weighted by Gasteiger charge is 2.15. The molecule has 16 heavy (non-hydrogen) atoms. The van der Waals surface area contributed by atoms with E-state index in [1.54, 1.807) is 0 Å². The Labute approximate surface area is 97.9 Å². The first-order valence-electron chi connectivity index (χ1n) is 4.75. The molecule has 1 N–H and O–H groups in total. The third-order valence-corrected chi connectivity index (χ3v) is 3.28. The lowest BCUT2D eigenvalue weighted by molar-refractivity contribution is -0.124. The number of nitrogens with zero attached hydrogens (tertiary/aromatic N) is 1. The standard InChI is InChI=1S/C11H12N2O2S/c1-6(14)4-10(15)13-11-9(5-12)7(2)8(3)16-11/h4H2,1-3H3,(H,13,15). The minimum absolute atomic E-state index is 0.152. The first-order chi connectivity index (χ1) is 7.45. The van der Waals surface area contributed by atoms with Crippen molar-refractivity contribution in [2.75, 3.05) is 5.32 Å². The van der Waals surface area contributed by atoms with Gasteiger partial charge in [-0.25, -0.2) is 0 Å². The zero-order chi connectivity index (χ0) is 12.3. The first kappa shape index (κ1) is 12.4. The molecule has 1 aromatic heterocycles. The van der Waals surface area contributed by atoms with Gasteiger partial charge in [0.2, 0.25) is 5.91 Å². The molecule has 0 saturated heterocycles. The predicted molar refractivity (Wildman–Crippen MR) is 62.4 cm³/mol. The van der Waals surface area contributed by atoms with E-state index in [0.29, 0.717) is 10.6 Å². The number of nitriles is 1. The summed E-state index contributed by atoms with van der Waals surface area (Å²) in [6.45, 7) is 5.09. The molecule has 0 aliphatic heterocycles. The molecule has 0 spiro atoms. The topological polar surface area (TPSA) is 70.0 Å². The molecule has 0 aromatic carbocycles. The van der Waals surface area contributed by atoms with Crippen LogP contribution in [0.2, 0.25) is 0 Å². The van der Waals surface area contributed by atoms with Crippen LogP contribution >= 0.6 is 11.3 Å². The Kier molecular flexibility index (Phi) is 3.80. The number of amides is 1. The molecule has 1 amide bonds. The monoisotopic (exact) mass is 236 g/mol. The smallest absolute Gasteiger partial charge is 0.232 e. The SMILES string of the molecule is CC(=O)CC(=O)Nc1sc(C)c(C)c1C#N. The minimum atomic E-state index is -0.370. The van der Waals surface area contributed by atoms with Gasteiger partial charge in [-0.05, 0) is 26.3 Å². The summed E-state index contributed by atoms with van der Waals surface area (Å²) in [5, 5.41) is 12.1. The van der Waals surface area contributed by atoms with Gasteiger partial charge in [-0.2, -0.15) is 5.26 Å². The van der Waals surface area contributed by atoms with Crippen molar-refractivity contribution >= 4 is 28.0 Å². The van der Waals surface area contributed by atoms with E-state index in [4.69, 9.17) is 5.26 Å². The molecule has 1 rings (SSSR count). The molecular formula is C11H12N2O2S.